The maximum Gasteiger partial charge on any atom is 0.162 e. The number of anilines is 2. The van der Waals surface area contributed by atoms with E-state index in [1.54, 1.807) is 17.4 Å². The summed E-state index contributed by atoms with van der Waals surface area (Å²) < 4.78 is 2.18. The van der Waals surface area contributed by atoms with Crippen molar-refractivity contribution < 1.29 is 10.2 Å². The molecule has 10 rings (SSSR count). The van der Waals surface area contributed by atoms with E-state index in [0.29, 0.717) is 18.2 Å². The van der Waals surface area contributed by atoms with Crippen LogP contribution >= 0.6 is 11.3 Å². The summed E-state index contributed by atoms with van der Waals surface area (Å²) in [5.41, 5.74) is 9.71. The zero-order valence-corrected chi connectivity index (χ0v) is 35.7. The Labute approximate surface area is 356 Å². The van der Waals surface area contributed by atoms with E-state index in [1.165, 1.54) is 38.4 Å². The van der Waals surface area contributed by atoms with Crippen LogP contribution in [-0.2, 0) is 6.42 Å². The molecule has 2 saturated heterocycles. The number of aliphatic imine (C=N–C) groups is 1. The maximum absolute atomic E-state index is 11.8. The average Bonchev–Trinajstić information content (AvgIpc) is 3.76. The fraction of sp³-hybridized carbons (Fsp3) is 0.396. The van der Waals surface area contributed by atoms with Gasteiger partial charge in [0.05, 0.1) is 17.0 Å². The Balaban J connectivity index is 0.760. The van der Waals surface area contributed by atoms with Crippen molar-refractivity contribution in [2.24, 2.45) is 4.99 Å². The molecular formula is C48H53N9O2S. The molecule has 11 nitrogen and oxygen atoms in total. The molecule has 0 saturated carbocycles. The Morgan fingerprint density at radius 1 is 0.800 bits per heavy atom. The van der Waals surface area contributed by atoms with Gasteiger partial charge in [-0.25, -0.2) is 0 Å². The molecule has 2 fully saturated rings. The molecular weight excluding hydrogens is 767 g/mol. The Hall–Kier alpha value is -5.43. The molecule has 0 spiro atoms. The lowest BCUT2D eigenvalue weighted by molar-refractivity contribution is -0.0173. The molecule has 4 aliphatic rings. The molecule has 3 atom stereocenters. The lowest BCUT2D eigenvalue weighted by atomic mass is 9.70. The maximum atomic E-state index is 11.8. The highest BCUT2D eigenvalue weighted by atomic mass is 32.1. The normalized spacial score (nSPS) is 21.5. The summed E-state index contributed by atoms with van der Waals surface area (Å²) in [5.74, 6) is 3.35. The molecule has 3 aromatic carbocycles. The van der Waals surface area contributed by atoms with Crippen molar-refractivity contribution >= 4 is 28.6 Å². The minimum absolute atomic E-state index is 0.0744. The van der Waals surface area contributed by atoms with E-state index in [-0.39, 0.29) is 12.0 Å². The Bertz CT molecular complexity index is 2530. The highest BCUT2D eigenvalue weighted by Gasteiger charge is 2.37. The van der Waals surface area contributed by atoms with E-state index >= 15 is 0 Å². The van der Waals surface area contributed by atoms with Crippen molar-refractivity contribution in [3.63, 3.8) is 0 Å². The van der Waals surface area contributed by atoms with Gasteiger partial charge in [0.1, 0.15) is 22.6 Å². The molecule has 12 heteroatoms. The summed E-state index contributed by atoms with van der Waals surface area (Å²) in [4.78, 5) is 13.7. The Morgan fingerprint density at radius 2 is 1.57 bits per heavy atom. The first-order valence-electron chi connectivity index (χ1n) is 21.5. The second-order valence-electron chi connectivity index (χ2n) is 17.3. The number of rotatable bonds is 7. The van der Waals surface area contributed by atoms with E-state index in [0.717, 1.165) is 104 Å². The minimum Gasteiger partial charge on any atom is -0.508 e. The number of β-amino-alcohol motifs (C(OH)–C–C–N with tert-alkyl or cyclic N) is 1. The summed E-state index contributed by atoms with van der Waals surface area (Å²) in [7, 11) is 0. The zero-order valence-electron chi connectivity index (χ0n) is 34.9. The van der Waals surface area contributed by atoms with Crippen molar-refractivity contribution in [2.45, 2.75) is 76.9 Å². The standard InChI is InChI=1S/C48H53N9O2S/c1-30-32(3)60-47-43(30)45(49-31(2)46-53-50-33(4)57(46)47)35-10-13-37(14-11-35)55-22-20-48(59,21-23-55)29-54-24-26-56(27-25-54)42-19-18-41(51-52-42)44-39(34-8-6-5-7-9-34)16-12-36-28-38(58)15-17-40(36)44/h5-11,13-15,17-19,28,31,39,44,58-59H,12,16,20-27,29H2,1-4H3/t31-,39+,44-/m0/s1. The second kappa shape index (κ2) is 15.6. The SMILES string of the molecule is Cc1sc2c(c1C)C(c1ccc(N3CCC(O)(CN4CCN(c5ccc([C@@H]6c7ccc(O)cc7CC[C@@H]6c6ccccc6)nn5)CC4)CC3)cc1)=N[C@@H](C)c1nnc(C)n1-2. The first-order chi connectivity index (χ1) is 29.1. The number of hydrogen-bond acceptors (Lipinski definition) is 11. The van der Waals surface area contributed by atoms with E-state index in [9.17, 15) is 10.2 Å². The fourth-order valence-corrected chi connectivity index (χ4v) is 11.3. The number of piperidine rings is 1. The molecule has 308 valence electrons. The number of aromatic nitrogens is 5. The molecule has 3 aromatic heterocycles. The van der Waals surface area contributed by atoms with Crippen LogP contribution in [-0.4, -0.2) is 97.2 Å². The van der Waals surface area contributed by atoms with Crippen LogP contribution in [0.3, 0.4) is 0 Å². The second-order valence-corrected chi connectivity index (χ2v) is 18.5. The first-order valence-corrected chi connectivity index (χ1v) is 22.3. The third-order valence-electron chi connectivity index (χ3n) is 13.6. The summed E-state index contributed by atoms with van der Waals surface area (Å²) in [5, 5.41) is 41.8. The molecule has 60 heavy (non-hydrogen) atoms. The van der Waals surface area contributed by atoms with Crippen molar-refractivity contribution in [3.8, 4) is 10.8 Å². The largest absolute Gasteiger partial charge is 0.508 e. The Kier molecular flexibility index (Phi) is 10.0. The van der Waals surface area contributed by atoms with Gasteiger partial charge in [0.2, 0.25) is 0 Å². The quantitative estimate of drug-likeness (QED) is 0.167. The van der Waals surface area contributed by atoms with Gasteiger partial charge in [-0.2, -0.15) is 5.10 Å². The van der Waals surface area contributed by atoms with Crippen LogP contribution in [0.1, 0.15) is 99.7 Å². The Morgan fingerprint density at radius 3 is 2.30 bits per heavy atom. The topological polar surface area (TPSA) is 119 Å². The van der Waals surface area contributed by atoms with Gasteiger partial charge in [-0.15, -0.1) is 26.6 Å². The summed E-state index contributed by atoms with van der Waals surface area (Å²) in [6.45, 7) is 14.2. The summed E-state index contributed by atoms with van der Waals surface area (Å²) in [6, 6.07) is 29.5. The van der Waals surface area contributed by atoms with Crippen molar-refractivity contribution in [2.75, 3.05) is 55.6 Å². The predicted molar refractivity (Wildman–Crippen MR) is 238 cm³/mol. The predicted octanol–water partition coefficient (Wildman–Crippen LogP) is 7.68. The molecule has 0 bridgehead atoms. The van der Waals surface area contributed by atoms with Gasteiger partial charge in [-0.1, -0.05) is 48.5 Å². The fourth-order valence-electron chi connectivity index (χ4n) is 10.1. The molecule has 0 radical (unpaired) electrons. The van der Waals surface area contributed by atoms with Crippen LogP contribution in [0.5, 0.6) is 5.75 Å². The minimum atomic E-state index is -0.712. The molecule has 3 aliphatic heterocycles. The molecule has 1 aliphatic carbocycles. The number of piperazine rings is 1. The molecule has 2 N–H and O–H groups in total. The van der Waals surface area contributed by atoms with E-state index < -0.39 is 5.60 Å². The summed E-state index contributed by atoms with van der Waals surface area (Å²) >= 11 is 1.79. The average molecular weight is 820 g/mol. The number of aliphatic hydroxyl groups is 1. The van der Waals surface area contributed by atoms with E-state index in [2.05, 4.69) is 123 Å². The number of fused-ring (bicyclic) bond motifs is 4. The lowest BCUT2D eigenvalue weighted by Crippen LogP contribution is -2.55. The monoisotopic (exact) mass is 819 g/mol. The van der Waals surface area contributed by atoms with E-state index in [1.807, 2.05) is 13.0 Å². The highest BCUT2D eigenvalue weighted by Crippen LogP contribution is 2.46. The zero-order chi connectivity index (χ0) is 41.1. The van der Waals surface area contributed by atoms with Crippen molar-refractivity contribution in [3.05, 3.63) is 141 Å². The number of thiophene rings is 1. The van der Waals surface area contributed by atoms with Crippen LogP contribution in [0, 0.1) is 20.8 Å². The van der Waals surface area contributed by atoms with Gasteiger partial charge in [-0.3, -0.25) is 14.5 Å². The van der Waals surface area contributed by atoms with Gasteiger partial charge in [-0.05, 0) is 118 Å². The van der Waals surface area contributed by atoms with Gasteiger partial charge in [0.25, 0.3) is 0 Å². The lowest BCUT2D eigenvalue weighted by Gasteiger charge is -2.44. The van der Waals surface area contributed by atoms with Gasteiger partial charge < -0.3 is 20.0 Å². The molecule has 6 aromatic rings. The van der Waals surface area contributed by atoms with Gasteiger partial charge in [0.15, 0.2) is 11.6 Å². The van der Waals surface area contributed by atoms with Crippen molar-refractivity contribution in [1.29, 1.82) is 0 Å². The number of phenols is 1. The number of nitrogens with zero attached hydrogens (tertiary/aromatic N) is 9. The molecule has 0 amide bonds. The van der Waals surface area contributed by atoms with Gasteiger partial charge >= 0.3 is 0 Å². The smallest absolute Gasteiger partial charge is 0.162 e. The number of hydrogen-bond donors (Lipinski definition) is 2. The first kappa shape index (κ1) is 38.8. The van der Waals surface area contributed by atoms with Crippen LogP contribution in [0.2, 0.25) is 0 Å². The van der Waals surface area contributed by atoms with Crippen LogP contribution < -0.4 is 9.80 Å². The molecule has 6 heterocycles. The van der Waals surface area contributed by atoms with Crippen LogP contribution in [0.15, 0.2) is 89.9 Å². The highest BCUT2D eigenvalue weighted by molar-refractivity contribution is 7.15. The third kappa shape index (κ3) is 7.08. The number of phenolic OH excluding ortho intramolecular Hbond substituents is 1. The molecule has 0 unspecified atom stereocenters. The van der Waals surface area contributed by atoms with Crippen molar-refractivity contribution in [1.82, 2.24) is 29.9 Å². The van der Waals surface area contributed by atoms with Gasteiger partial charge in [0, 0.05) is 73.4 Å². The number of aromatic hydroxyl groups is 1. The number of benzene rings is 3. The summed E-state index contributed by atoms with van der Waals surface area (Å²) in [6.07, 6.45) is 3.39. The van der Waals surface area contributed by atoms with Crippen LogP contribution in [0.4, 0.5) is 11.5 Å². The van der Waals surface area contributed by atoms with E-state index in [4.69, 9.17) is 15.2 Å². The number of aryl methyl sites for hydroxylation is 3. The third-order valence-corrected chi connectivity index (χ3v) is 14.8. The van der Waals surface area contributed by atoms with Crippen LogP contribution in [0.25, 0.3) is 5.00 Å².